The molecule has 3 aliphatic heterocycles. The molecule has 0 saturated carbocycles. The first kappa shape index (κ1) is 55.3. The largest absolute Gasteiger partial charge is 0.417 e. The van der Waals surface area contributed by atoms with Crippen LogP contribution in [0.15, 0.2) is 65.0 Å². The van der Waals surface area contributed by atoms with E-state index in [1.165, 1.54) is 17.0 Å². The zero-order valence-corrected chi connectivity index (χ0v) is 43.5. The molecular formula is C53H65F4N9O7S. The van der Waals surface area contributed by atoms with Gasteiger partial charge in [0.15, 0.2) is 0 Å². The molecule has 5 amide bonds. The summed E-state index contributed by atoms with van der Waals surface area (Å²) in [5.74, 6) is -3.26. The van der Waals surface area contributed by atoms with Crippen LogP contribution in [-0.2, 0) is 31.9 Å². The molecule has 16 nitrogen and oxygen atoms in total. The average molecular weight is 1050 g/mol. The van der Waals surface area contributed by atoms with Crippen molar-refractivity contribution in [1.82, 2.24) is 35.3 Å². The molecule has 0 radical (unpaired) electrons. The number of rotatable bonds is 15. The van der Waals surface area contributed by atoms with Crippen LogP contribution in [0.5, 0.6) is 0 Å². The maximum atomic E-state index is 16.2. The fourth-order valence-corrected chi connectivity index (χ4v) is 10.5. The van der Waals surface area contributed by atoms with E-state index in [4.69, 9.17) is 0 Å². The smallest absolute Gasteiger partial charge is 0.391 e. The molecule has 0 bridgehead atoms. The second-order valence-electron chi connectivity index (χ2n) is 20.7. The Morgan fingerprint density at radius 2 is 1.66 bits per heavy atom. The Balaban J connectivity index is 0.936. The van der Waals surface area contributed by atoms with E-state index in [2.05, 4.69) is 30.8 Å². The first-order valence-corrected chi connectivity index (χ1v) is 25.7. The van der Waals surface area contributed by atoms with Crippen LogP contribution in [0.4, 0.5) is 28.9 Å². The SMILES string of the molecule is Cc1ncsc1-c1ccc(CNC(=O)[C@@H]2C[C@@H](O)CN2C(=O)[C@@H](NC(=O)CCCCC(=O)N2CC=C(c3cc(NC(=O)c4c[nH]c(=O)cc4C(F)(F)F)c(N4C[C@@H](C)N(C)[C@@H](C)C4)cc3F)CC2)C(C)(C)C)cc1. The Bertz CT molecular complexity index is 2820. The standard InChI is InChI=1S/C53H65F4N9O7S/c1-30-26-65(27-31(2)63(30)7)42-23-40(54)37(21-41(42)61-49(71)38-25-58-45(69)22-39(38)53(55,56)57)34-16-18-64(19-17-34)46(70)11-9-8-10-44(68)62-48(52(4,5)6)51(73)66-28-36(67)20-43(66)50(72)59-24-33-12-14-35(15-13-33)47-32(3)60-29-74-47/h12-16,21-23,25,29-31,36,43,48,67H,8-11,17-20,24,26-28H2,1-7H3,(H,58,69)(H,59,72)(H,61,71)(H,62,68)/t30-,31+,36-,43+,48-/m1/s1. The molecule has 3 aliphatic rings. The summed E-state index contributed by atoms with van der Waals surface area (Å²) in [4.78, 5) is 94.3. The predicted molar refractivity (Wildman–Crippen MR) is 275 cm³/mol. The van der Waals surface area contributed by atoms with Crippen molar-refractivity contribution in [2.45, 2.75) is 123 Å². The zero-order chi connectivity index (χ0) is 53.8. The lowest BCUT2D eigenvalue weighted by Gasteiger charge is -2.44. The Kier molecular flexibility index (Phi) is 17.2. The number of pyridine rings is 1. The Hall–Kier alpha value is -6.45. The molecule has 4 aromatic rings. The van der Waals surface area contributed by atoms with E-state index in [-0.39, 0.29) is 86.8 Å². The van der Waals surface area contributed by atoms with Crippen LogP contribution < -0.4 is 26.4 Å². The molecule has 2 aromatic heterocycles. The highest BCUT2D eigenvalue weighted by Gasteiger charge is 2.45. The number of likely N-dealkylation sites (N-methyl/N-ethyl adjacent to an activating group) is 1. The van der Waals surface area contributed by atoms with Gasteiger partial charge >= 0.3 is 6.18 Å². The van der Waals surface area contributed by atoms with Gasteiger partial charge in [-0.2, -0.15) is 13.2 Å². The van der Waals surface area contributed by atoms with Gasteiger partial charge in [0, 0.05) is 88.4 Å². The number of carbonyl (C=O) groups is 5. The van der Waals surface area contributed by atoms with E-state index in [0.29, 0.717) is 43.8 Å². The maximum absolute atomic E-state index is 16.2. The first-order chi connectivity index (χ1) is 34.9. The summed E-state index contributed by atoms with van der Waals surface area (Å²) in [5.41, 5.74) is 1.59. The van der Waals surface area contributed by atoms with E-state index < -0.39 is 75.9 Å². The second kappa shape index (κ2) is 23.0. The number of aliphatic hydroxyl groups excluding tert-OH is 1. The van der Waals surface area contributed by atoms with E-state index in [9.17, 15) is 47.0 Å². The molecule has 5 atom stereocenters. The molecule has 0 spiro atoms. The second-order valence-corrected chi connectivity index (χ2v) is 21.5. The highest BCUT2D eigenvalue weighted by atomic mass is 32.1. The van der Waals surface area contributed by atoms with Crippen molar-refractivity contribution in [3.8, 4) is 10.4 Å². The number of aryl methyl sites for hydroxylation is 1. The van der Waals surface area contributed by atoms with Gasteiger partial charge in [-0.15, -0.1) is 11.3 Å². The number of alkyl halides is 3. The van der Waals surface area contributed by atoms with Crippen molar-refractivity contribution in [3.05, 3.63) is 104 Å². The van der Waals surface area contributed by atoms with Gasteiger partial charge in [0.2, 0.25) is 29.2 Å². The van der Waals surface area contributed by atoms with E-state index in [0.717, 1.165) is 21.7 Å². The van der Waals surface area contributed by atoms with Crippen LogP contribution in [0.3, 0.4) is 0 Å². The summed E-state index contributed by atoms with van der Waals surface area (Å²) in [6.45, 7) is 12.7. The highest BCUT2D eigenvalue weighted by molar-refractivity contribution is 7.13. The van der Waals surface area contributed by atoms with E-state index in [1.807, 2.05) is 57.0 Å². The zero-order valence-electron chi connectivity index (χ0n) is 42.7. The molecule has 5 N–H and O–H groups in total. The van der Waals surface area contributed by atoms with Gasteiger partial charge < -0.3 is 40.7 Å². The lowest BCUT2D eigenvalue weighted by molar-refractivity contribution is -0.144. The molecule has 21 heteroatoms. The molecule has 2 fully saturated rings. The van der Waals surface area contributed by atoms with Gasteiger partial charge in [-0.25, -0.2) is 9.37 Å². The average Bonchev–Trinajstić information content (AvgIpc) is 3.97. The number of unbranched alkanes of at least 4 members (excludes halogenated alkanes) is 1. The molecular weight excluding hydrogens is 983 g/mol. The monoisotopic (exact) mass is 1050 g/mol. The fraction of sp³-hybridized carbons (Fsp3) is 0.491. The van der Waals surface area contributed by atoms with Crippen LogP contribution in [0, 0.1) is 18.2 Å². The minimum absolute atomic E-state index is 0.0188. The number of amides is 5. The Morgan fingerprint density at radius 3 is 2.28 bits per heavy atom. The summed E-state index contributed by atoms with van der Waals surface area (Å²) in [6.07, 6.45) is -2.43. The van der Waals surface area contributed by atoms with Crippen LogP contribution in [0.25, 0.3) is 16.0 Å². The van der Waals surface area contributed by atoms with Crippen molar-refractivity contribution < 1.29 is 46.6 Å². The van der Waals surface area contributed by atoms with E-state index >= 15 is 4.39 Å². The Morgan fingerprint density at radius 1 is 0.973 bits per heavy atom. The molecule has 398 valence electrons. The number of carbonyl (C=O) groups excluding carboxylic acids is 5. The molecule has 74 heavy (non-hydrogen) atoms. The molecule has 5 heterocycles. The normalized spacial score (nSPS) is 20.0. The van der Waals surface area contributed by atoms with Gasteiger partial charge in [-0.3, -0.25) is 33.7 Å². The minimum atomic E-state index is -5.01. The van der Waals surface area contributed by atoms with Gasteiger partial charge in [0.1, 0.15) is 17.9 Å². The topological polar surface area (TPSA) is 200 Å². The van der Waals surface area contributed by atoms with Crippen LogP contribution in [-0.4, -0.2) is 129 Å². The molecule has 0 aliphatic carbocycles. The number of anilines is 2. The molecule has 7 rings (SSSR count). The van der Waals surface area contributed by atoms with Crippen molar-refractivity contribution in [2.24, 2.45) is 5.41 Å². The number of thiazole rings is 1. The van der Waals surface area contributed by atoms with Gasteiger partial charge in [0.05, 0.1) is 44.7 Å². The number of benzene rings is 2. The first-order valence-electron chi connectivity index (χ1n) is 24.8. The molecule has 0 unspecified atom stereocenters. The molecule has 2 saturated heterocycles. The van der Waals surface area contributed by atoms with E-state index in [1.54, 1.807) is 48.6 Å². The lowest BCUT2D eigenvalue weighted by Crippen LogP contribution is -2.57. The number of nitrogens with zero attached hydrogens (tertiary/aromatic N) is 5. The number of halogens is 4. The number of aliphatic hydroxyl groups is 1. The van der Waals surface area contributed by atoms with Crippen molar-refractivity contribution in [1.29, 1.82) is 0 Å². The summed E-state index contributed by atoms with van der Waals surface area (Å²) >= 11 is 1.55. The highest BCUT2D eigenvalue weighted by Crippen LogP contribution is 2.38. The van der Waals surface area contributed by atoms with Gasteiger partial charge in [-0.1, -0.05) is 51.1 Å². The van der Waals surface area contributed by atoms with Crippen molar-refractivity contribution in [3.63, 3.8) is 0 Å². The number of hydrogen-bond donors (Lipinski definition) is 5. The van der Waals surface area contributed by atoms with Gasteiger partial charge in [-0.05, 0) is 81.3 Å². The van der Waals surface area contributed by atoms with Crippen molar-refractivity contribution >= 4 is 57.8 Å². The van der Waals surface area contributed by atoms with Gasteiger partial charge in [0.25, 0.3) is 5.91 Å². The lowest BCUT2D eigenvalue weighted by atomic mass is 9.85. The molecule has 2 aromatic carbocycles. The summed E-state index contributed by atoms with van der Waals surface area (Å²) in [5, 5.41) is 19.0. The summed E-state index contributed by atoms with van der Waals surface area (Å²) < 4.78 is 58.2. The third kappa shape index (κ3) is 13.1. The van der Waals surface area contributed by atoms with Crippen LogP contribution >= 0.6 is 11.3 Å². The number of H-pyrrole nitrogens is 1. The fourth-order valence-electron chi connectivity index (χ4n) is 9.73. The van der Waals surface area contributed by atoms with Crippen LogP contribution in [0.1, 0.15) is 106 Å². The number of β-amino-alcohol motifs (C(OH)–C–C–N with tert-alkyl or cyclic N) is 1. The summed E-state index contributed by atoms with van der Waals surface area (Å²) in [6, 6.07) is 8.82. The van der Waals surface area contributed by atoms with Crippen molar-refractivity contribution in [2.75, 3.05) is 50.0 Å². The quantitative estimate of drug-likeness (QED) is 0.0629. The number of aromatic amines is 1. The third-order valence-electron chi connectivity index (χ3n) is 14.2. The minimum Gasteiger partial charge on any atom is -0.391 e. The third-order valence-corrected chi connectivity index (χ3v) is 15.1. The summed E-state index contributed by atoms with van der Waals surface area (Å²) in [7, 11) is 1.96. The van der Waals surface area contributed by atoms with Crippen LogP contribution in [0.2, 0.25) is 0 Å². The number of hydrogen-bond acceptors (Lipinski definition) is 11. The number of nitrogens with one attached hydrogen (secondary N) is 4. The maximum Gasteiger partial charge on any atom is 0.417 e. The predicted octanol–water partition coefficient (Wildman–Crippen LogP) is 6.73. The number of aromatic nitrogens is 2. The number of piperazine rings is 1. The Labute approximate surface area is 431 Å². The number of likely N-dealkylation sites (tertiary alicyclic amines) is 1.